The Hall–Kier alpha value is -1.63. The van der Waals surface area contributed by atoms with Gasteiger partial charge in [-0.25, -0.2) is 0 Å². The van der Waals surface area contributed by atoms with E-state index in [2.05, 4.69) is 5.32 Å². The second-order valence-electron chi connectivity index (χ2n) is 4.41. The second-order valence-corrected chi connectivity index (χ2v) is 4.41. The minimum absolute atomic E-state index is 0.319. The lowest BCUT2D eigenvalue weighted by Gasteiger charge is -2.16. The van der Waals surface area contributed by atoms with Crippen molar-refractivity contribution < 1.29 is 24.5 Å². The van der Waals surface area contributed by atoms with Crippen molar-refractivity contribution in [2.45, 2.75) is 24.9 Å². The van der Waals surface area contributed by atoms with Gasteiger partial charge in [0.15, 0.2) is 0 Å². The van der Waals surface area contributed by atoms with Crippen LogP contribution in [0.3, 0.4) is 0 Å². The van der Waals surface area contributed by atoms with Crippen molar-refractivity contribution in [1.82, 2.24) is 5.32 Å². The van der Waals surface area contributed by atoms with E-state index in [4.69, 9.17) is 14.6 Å². The number of aliphatic hydroxyl groups excluding tert-OH is 1. The number of carbonyl (C=O) groups is 1. The molecule has 1 aromatic carbocycles. The highest BCUT2D eigenvalue weighted by Crippen LogP contribution is 2.16. The van der Waals surface area contributed by atoms with Crippen LogP contribution in [-0.4, -0.2) is 48.1 Å². The molecule has 2 unspecified atom stereocenters. The van der Waals surface area contributed by atoms with Gasteiger partial charge in [0.2, 0.25) is 0 Å². The van der Waals surface area contributed by atoms with Gasteiger partial charge < -0.3 is 19.7 Å². The zero-order valence-electron chi connectivity index (χ0n) is 10.6. The van der Waals surface area contributed by atoms with Crippen molar-refractivity contribution in [2.24, 2.45) is 0 Å². The molecule has 3 N–H and O–H groups in total. The van der Waals surface area contributed by atoms with E-state index < -0.39 is 24.2 Å². The summed E-state index contributed by atoms with van der Waals surface area (Å²) in [6, 6.07) is 6.41. The van der Waals surface area contributed by atoms with E-state index >= 15 is 0 Å². The average Bonchev–Trinajstić information content (AvgIpc) is 2.78. The second kappa shape index (κ2) is 6.01. The summed E-state index contributed by atoms with van der Waals surface area (Å²) in [5.41, 5.74) is 0.937. The molecule has 6 nitrogen and oxygen atoms in total. The first-order valence-electron chi connectivity index (χ1n) is 6.00. The van der Waals surface area contributed by atoms with Gasteiger partial charge in [-0.2, -0.15) is 0 Å². The lowest BCUT2D eigenvalue weighted by molar-refractivity contribution is -0.142. The molecule has 3 atom stereocenters. The van der Waals surface area contributed by atoms with Crippen LogP contribution in [0.2, 0.25) is 0 Å². The molecule has 1 aliphatic rings. The van der Waals surface area contributed by atoms with Crippen LogP contribution in [0.4, 0.5) is 0 Å². The molecule has 1 fully saturated rings. The van der Waals surface area contributed by atoms with Gasteiger partial charge in [-0.05, 0) is 17.7 Å². The molecule has 19 heavy (non-hydrogen) atoms. The third kappa shape index (κ3) is 3.23. The van der Waals surface area contributed by atoms with E-state index in [1.54, 1.807) is 7.11 Å². The molecule has 1 aliphatic heterocycles. The summed E-state index contributed by atoms with van der Waals surface area (Å²) < 4.78 is 10.6. The van der Waals surface area contributed by atoms with E-state index in [1.807, 2.05) is 24.3 Å². The van der Waals surface area contributed by atoms with Crippen molar-refractivity contribution >= 4 is 5.97 Å². The van der Waals surface area contributed by atoms with E-state index in [0.29, 0.717) is 13.2 Å². The fourth-order valence-corrected chi connectivity index (χ4v) is 2.02. The average molecular weight is 267 g/mol. The number of hydrogen-bond donors (Lipinski definition) is 3. The van der Waals surface area contributed by atoms with Gasteiger partial charge in [0.25, 0.3) is 0 Å². The van der Waals surface area contributed by atoms with Crippen LogP contribution in [0.5, 0.6) is 5.75 Å². The largest absolute Gasteiger partial charge is 0.497 e. The number of hydrogen-bond acceptors (Lipinski definition) is 5. The molecule has 6 heteroatoms. The number of carboxylic acid groups (broad SMARTS) is 1. The summed E-state index contributed by atoms with van der Waals surface area (Å²) in [5.74, 6) is -0.305. The Balaban J connectivity index is 1.87. The van der Waals surface area contributed by atoms with Gasteiger partial charge in [-0.3, -0.25) is 10.1 Å². The van der Waals surface area contributed by atoms with Crippen molar-refractivity contribution in [3.05, 3.63) is 29.8 Å². The summed E-state index contributed by atoms with van der Waals surface area (Å²) in [7, 11) is 1.60. The summed E-state index contributed by atoms with van der Waals surface area (Å²) in [4.78, 5) is 10.8. The van der Waals surface area contributed by atoms with Crippen molar-refractivity contribution in [2.75, 3.05) is 13.7 Å². The van der Waals surface area contributed by atoms with E-state index in [1.165, 1.54) is 0 Å². The third-order valence-electron chi connectivity index (χ3n) is 3.15. The minimum Gasteiger partial charge on any atom is -0.497 e. The molecule has 0 bridgehead atoms. The number of methoxy groups -OCH3 is 1. The molecule has 0 amide bonds. The quantitative estimate of drug-likeness (QED) is 0.696. The van der Waals surface area contributed by atoms with Gasteiger partial charge in [0.1, 0.15) is 17.9 Å². The van der Waals surface area contributed by atoms with Crippen LogP contribution in [0.15, 0.2) is 24.3 Å². The zero-order chi connectivity index (χ0) is 13.8. The van der Waals surface area contributed by atoms with Crippen LogP contribution in [0, 0.1) is 0 Å². The Bertz CT molecular complexity index is 433. The summed E-state index contributed by atoms with van der Waals surface area (Å²) in [5, 5.41) is 21.4. The lowest BCUT2D eigenvalue weighted by Crippen LogP contribution is -2.40. The maximum Gasteiger partial charge on any atom is 0.323 e. The van der Waals surface area contributed by atoms with Crippen LogP contribution < -0.4 is 10.1 Å². The highest BCUT2D eigenvalue weighted by molar-refractivity contribution is 5.74. The minimum atomic E-state index is -1.07. The Morgan fingerprint density at radius 3 is 2.63 bits per heavy atom. The first-order valence-corrected chi connectivity index (χ1v) is 6.00. The zero-order valence-corrected chi connectivity index (χ0v) is 10.6. The van der Waals surface area contributed by atoms with Crippen molar-refractivity contribution in [3.63, 3.8) is 0 Å². The number of rotatable bonds is 5. The highest BCUT2D eigenvalue weighted by Gasteiger charge is 2.39. The monoisotopic (exact) mass is 267 g/mol. The Labute approximate surface area is 111 Å². The number of aliphatic carboxylic acids is 1. The van der Waals surface area contributed by atoms with Gasteiger partial charge >= 0.3 is 5.97 Å². The highest BCUT2D eigenvalue weighted by atomic mass is 16.5. The van der Waals surface area contributed by atoms with Crippen molar-refractivity contribution in [3.8, 4) is 5.75 Å². The van der Waals surface area contributed by atoms with Gasteiger partial charge in [0, 0.05) is 6.54 Å². The maximum atomic E-state index is 10.8. The number of benzene rings is 1. The predicted molar refractivity (Wildman–Crippen MR) is 67.0 cm³/mol. The Morgan fingerprint density at radius 1 is 1.42 bits per heavy atom. The van der Waals surface area contributed by atoms with Gasteiger partial charge in [0.05, 0.1) is 19.8 Å². The molecule has 1 saturated heterocycles. The molecule has 2 rings (SSSR count). The summed E-state index contributed by atoms with van der Waals surface area (Å²) in [6.45, 7) is 0.647. The Kier molecular flexibility index (Phi) is 4.36. The molecule has 0 saturated carbocycles. The van der Waals surface area contributed by atoms with Crippen LogP contribution in [0.1, 0.15) is 5.56 Å². The fourth-order valence-electron chi connectivity index (χ4n) is 2.02. The molecular formula is C13H17NO5. The summed E-state index contributed by atoms with van der Waals surface area (Å²) in [6.07, 6.45) is -1.54. The van der Waals surface area contributed by atoms with Crippen LogP contribution >= 0.6 is 0 Å². The van der Waals surface area contributed by atoms with Gasteiger partial charge in [-0.1, -0.05) is 12.1 Å². The molecule has 1 heterocycles. The number of aliphatic hydroxyl groups is 1. The first kappa shape index (κ1) is 13.8. The third-order valence-corrected chi connectivity index (χ3v) is 3.15. The molecule has 1 aromatic rings. The topological polar surface area (TPSA) is 88.0 Å². The first-order chi connectivity index (χ1) is 9.11. The van der Waals surface area contributed by atoms with E-state index in [9.17, 15) is 9.90 Å². The predicted octanol–water partition coefficient (Wildman–Crippen LogP) is -0.00230. The number of carboxylic acids is 1. The maximum absolute atomic E-state index is 10.8. The van der Waals surface area contributed by atoms with Gasteiger partial charge in [-0.15, -0.1) is 0 Å². The SMILES string of the molecule is COc1ccc(COC2CN[C@H](C(=O)O)C2O)cc1. The van der Waals surface area contributed by atoms with Crippen LogP contribution in [0.25, 0.3) is 0 Å². The smallest absolute Gasteiger partial charge is 0.323 e. The van der Waals surface area contributed by atoms with E-state index in [0.717, 1.165) is 11.3 Å². The standard InChI is InChI=1S/C13H17NO5/c1-18-9-4-2-8(3-5-9)7-19-10-6-14-11(12(10)15)13(16)17/h2-5,10-12,14-15H,6-7H2,1H3,(H,16,17)/t10?,11-,12?/m0/s1. The molecule has 0 spiro atoms. The van der Waals surface area contributed by atoms with Crippen molar-refractivity contribution in [1.29, 1.82) is 0 Å². The number of nitrogens with one attached hydrogen (secondary N) is 1. The Morgan fingerprint density at radius 2 is 2.11 bits per heavy atom. The van der Waals surface area contributed by atoms with E-state index in [-0.39, 0.29) is 0 Å². The summed E-state index contributed by atoms with van der Waals surface area (Å²) >= 11 is 0. The van der Waals surface area contributed by atoms with Crippen LogP contribution in [-0.2, 0) is 16.1 Å². The molecular weight excluding hydrogens is 250 g/mol. The normalized spacial score (nSPS) is 26.3. The fraction of sp³-hybridized carbons (Fsp3) is 0.462. The molecule has 0 aromatic heterocycles. The molecule has 0 radical (unpaired) electrons. The molecule has 104 valence electrons. The lowest BCUT2D eigenvalue weighted by atomic mass is 10.1. The molecule has 0 aliphatic carbocycles. The number of ether oxygens (including phenoxy) is 2.